The summed E-state index contributed by atoms with van der Waals surface area (Å²) in [5.74, 6) is -0.644. The third-order valence-electron chi connectivity index (χ3n) is 4.46. The van der Waals surface area contributed by atoms with Gasteiger partial charge in [0.15, 0.2) is 5.60 Å². The Morgan fingerprint density at radius 3 is 2.91 bits per heavy atom. The summed E-state index contributed by atoms with van der Waals surface area (Å²) in [4.78, 5) is 13.5. The van der Waals surface area contributed by atoms with Gasteiger partial charge in [-0.3, -0.25) is 9.69 Å². The van der Waals surface area contributed by atoms with E-state index < -0.39 is 11.5 Å². The highest BCUT2D eigenvalue weighted by Gasteiger charge is 2.38. The largest absolute Gasteiger partial charge is 0.379 e. The molecule has 0 aliphatic carbocycles. The molecule has 1 aromatic carbocycles. The maximum atomic E-state index is 11.5. The number of benzene rings is 1. The normalized spacial score (nSPS) is 22.2. The number of nitrogens with zero attached hydrogens (tertiary/aromatic N) is 3. The number of nitrogens with two attached hydrogens (primary N) is 1. The molecule has 1 aromatic heterocycles. The second-order valence-electron chi connectivity index (χ2n) is 6.23. The molecular weight excluding hydrogens is 292 g/mol. The molecule has 122 valence electrons. The van der Waals surface area contributed by atoms with Gasteiger partial charge in [-0.15, -0.1) is 0 Å². The van der Waals surface area contributed by atoms with Crippen LogP contribution < -0.4 is 5.73 Å². The number of carbonyl (C=O) groups excluding carboxylic acids is 1. The van der Waals surface area contributed by atoms with Gasteiger partial charge in [0.25, 0.3) is 5.91 Å². The summed E-state index contributed by atoms with van der Waals surface area (Å²) >= 11 is 0. The summed E-state index contributed by atoms with van der Waals surface area (Å²) in [5, 5.41) is 14.8. The van der Waals surface area contributed by atoms with Gasteiger partial charge in [0, 0.05) is 19.3 Å². The standard InChI is InChI=1S/C17H22N4O2/c1-13-5-2-3-6-15(13)21-14(7-9-19-21)11-20-10-4-8-17(23,12-20)16(18)22/h2-3,5-7,9,23H,4,8,10-12H2,1H3,(H2,18,22). The molecule has 0 radical (unpaired) electrons. The van der Waals surface area contributed by atoms with E-state index in [-0.39, 0.29) is 6.54 Å². The Morgan fingerprint density at radius 2 is 2.17 bits per heavy atom. The number of β-amino-alcohol motifs (C(OH)–C–C–N with tert-alkyl or cyclic N) is 1. The molecule has 1 aliphatic heterocycles. The minimum absolute atomic E-state index is 0.265. The van der Waals surface area contributed by atoms with Gasteiger partial charge in [-0.1, -0.05) is 18.2 Å². The maximum Gasteiger partial charge on any atom is 0.250 e. The Hall–Kier alpha value is -2.18. The summed E-state index contributed by atoms with van der Waals surface area (Å²) in [7, 11) is 0. The zero-order chi connectivity index (χ0) is 16.4. The van der Waals surface area contributed by atoms with Crippen LogP contribution in [0.5, 0.6) is 0 Å². The average Bonchev–Trinajstić information content (AvgIpc) is 2.95. The second-order valence-corrected chi connectivity index (χ2v) is 6.23. The number of carbonyl (C=O) groups is 1. The molecule has 3 rings (SSSR count). The second kappa shape index (κ2) is 6.14. The molecule has 23 heavy (non-hydrogen) atoms. The average molecular weight is 314 g/mol. The van der Waals surface area contributed by atoms with E-state index in [4.69, 9.17) is 5.73 Å². The van der Waals surface area contributed by atoms with Crippen molar-refractivity contribution in [1.82, 2.24) is 14.7 Å². The molecule has 0 bridgehead atoms. The number of amides is 1. The van der Waals surface area contributed by atoms with Crippen molar-refractivity contribution in [1.29, 1.82) is 0 Å². The molecule has 2 heterocycles. The lowest BCUT2D eigenvalue weighted by molar-refractivity contribution is -0.142. The molecule has 3 N–H and O–H groups in total. The van der Waals surface area contributed by atoms with Crippen molar-refractivity contribution in [3.05, 3.63) is 47.8 Å². The number of piperidine rings is 1. The zero-order valence-electron chi connectivity index (χ0n) is 13.3. The molecule has 0 spiro atoms. The van der Waals surface area contributed by atoms with Crippen LogP contribution in [0.2, 0.25) is 0 Å². The highest BCUT2D eigenvalue weighted by Crippen LogP contribution is 2.23. The van der Waals surface area contributed by atoms with Crippen LogP contribution in [0, 0.1) is 6.92 Å². The highest BCUT2D eigenvalue weighted by atomic mass is 16.3. The summed E-state index contributed by atoms with van der Waals surface area (Å²) in [6, 6.07) is 10.0. The summed E-state index contributed by atoms with van der Waals surface area (Å²) in [6.07, 6.45) is 2.94. The minimum Gasteiger partial charge on any atom is -0.379 e. The fraction of sp³-hybridized carbons (Fsp3) is 0.412. The smallest absolute Gasteiger partial charge is 0.250 e. The van der Waals surface area contributed by atoms with E-state index >= 15 is 0 Å². The van der Waals surface area contributed by atoms with Crippen molar-refractivity contribution >= 4 is 5.91 Å². The molecule has 1 amide bonds. The SMILES string of the molecule is Cc1ccccc1-n1nccc1CN1CCCC(O)(C(N)=O)C1. The van der Waals surface area contributed by atoms with Crippen LogP contribution in [0.25, 0.3) is 5.69 Å². The van der Waals surface area contributed by atoms with Crippen molar-refractivity contribution < 1.29 is 9.90 Å². The summed E-state index contributed by atoms with van der Waals surface area (Å²) in [5.41, 5.74) is 7.12. The first-order chi connectivity index (χ1) is 11.0. The first-order valence-corrected chi connectivity index (χ1v) is 7.83. The van der Waals surface area contributed by atoms with Crippen LogP contribution in [0.3, 0.4) is 0 Å². The van der Waals surface area contributed by atoms with Gasteiger partial charge in [0.1, 0.15) is 0 Å². The third-order valence-corrected chi connectivity index (χ3v) is 4.46. The molecule has 1 aliphatic rings. The number of para-hydroxylation sites is 1. The van der Waals surface area contributed by atoms with Crippen molar-refractivity contribution in [2.24, 2.45) is 5.73 Å². The predicted octanol–water partition coefficient (Wildman–Crippen LogP) is 0.993. The van der Waals surface area contributed by atoms with Crippen molar-refractivity contribution in [2.45, 2.75) is 31.9 Å². The number of hydrogen-bond acceptors (Lipinski definition) is 4. The highest BCUT2D eigenvalue weighted by molar-refractivity contribution is 5.83. The van der Waals surface area contributed by atoms with Crippen LogP contribution in [-0.2, 0) is 11.3 Å². The molecule has 0 saturated carbocycles. The van der Waals surface area contributed by atoms with Gasteiger partial charge in [0.2, 0.25) is 0 Å². The summed E-state index contributed by atoms with van der Waals surface area (Å²) in [6.45, 7) is 3.76. The predicted molar refractivity (Wildman–Crippen MR) is 87.0 cm³/mol. The van der Waals surface area contributed by atoms with Crippen LogP contribution in [0.4, 0.5) is 0 Å². The number of rotatable bonds is 4. The first-order valence-electron chi connectivity index (χ1n) is 7.83. The van der Waals surface area contributed by atoms with Gasteiger partial charge in [-0.05, 0) is 44.0 Å². The van der Waals surface area contributed by atoms with Crippen molar-refractivity contribution in [3.8, 4) is 5.69 Å². The van der Waals surface area contributed by atoms with E-state index in [1.807, 2.05) is 41.9 Å². The molecule has 6 nitrogen and oxygen atoms in total. The molecule has 1 fully saturated rings. The van der Waals surface area contributed by atoms with Gasteiger partial charge >= 0.3 is 0 Å². The minimum atomic E-state index is -1.42. The van der Waals surface area contributed by atoms with Crippen LogP contribution in [0.1, 0.15) is 24.1 Å². The molecule has 6 heteroatoms. The summed E-state index contributed by atoms with van der Waals surface area (Å²) < 4.78 is 1.91. The Balaban J connectivity index is 1.81. The number of aryl methyl sites for hydroxylation is 1. The van der Waals surface area contributed by atoms with Crippen LogP contribution >= 0.6 is 0 Å². The van der Waals surface area contributed by atoms with Gasteiger partial charge in [-0.2, -0.15) is 5.10 Å². The van der Waals surface area contributed by atoms with E-state index in [1.165, 1.54) is 0 Å². The Bertz CT molecular complexity index is 712. The maximum absolute atomic E-state index is 11.5. The Kier molecular flexibility index (Phi) is 4.19. The van der Waals surface area contributed by atoms with Gasteiger partial charge in [-0.25, -0.2) is 4.68 Å². The fourth-order valence-electron chi connectivity index (χ4n) is 3.16. The monoisotopic (exact) mass is 314 g/mol. The van der Waals surface area contributed by atoms with E-state index in [9.17, 15) is 9.90 Å². The number of likely N-dealkylation sites (tertiary alicyclic amines) is 1. The van der Waals surface area contributed by atoms with Crippen molar-refractivity contribution in [2.75, 3.05) is 13.1 Å². The third kappa shape index (κ3) is 3.13. The molecule has 1 unspecified atom stereocenters. The van der Waals surface area contributed by atoms with Crippen molar-refractivity contribution in [3.63, 3.8) is 0 Å². The molecule has 1 saturated heterocycles. The fourth-order valence-corrected chi connectivity index (χ4v) is 3.16. The number of aromatic nitrogens is 2. The van der Waals surface area contributed by atoms with Crippen LogP contribution in [0.15, 0.2) is 36.5 Å². The zero-order valence-corrected chi connectivity index (χ0v) is 13.3. The Labute approximate surface area is 135 Å². The number of primary amides is 1. The van der Waals surface area contributed by atoms with Crippen LogP contribution in [-0.4, -0.2) is 44.4 Å². The first kappa shape index (κ1) is 15.7. The van der Waals surface area contributed by atoms with E-state index in [0.717, 1.165) is 29.9 Å². The van der Waals surface area contributed by atoms with E-state index in [0.29, 0.717) is 13.0 Å². The lowest BCUT2D eigenvalue weighted by Gasteiger charge is -2.37. The number of hydrogen-bond donors (Lipinski definition) is 2. The Morgan fingerprint density at radius 1 is 1.39 bits per heavy atom. The lowest BCUT2D eigenvalue weighted by atomic mass is 9.92. The number of aliphatic hydroxyl groups is 1. The van der Waals surface area contributed by atoms with E-state index in [1.54, 1.807) is 6.20 Å². The topological polar surface area (TPSA) is 84.4 Å². The van der Waals surface area contributed by atoms with Gasteiger partial charge < -0.3 is 10.8 Å². The molecule has 2 aromatic rings. The molecular formula is C17H22N4O2. The molecule has 1 atom stereocenters. The van der Waals surface area contributed by atoms with E-state index in [2.05, 4.69) is 10.00 Å². The quantitative estimate of drug-likeness (QED) is 0.881. The van der Waals surface area contributed by atoms with Gasteiger partial charge in [0.05, 0.1) is 11.4 Å². The lowest BCUT2D eigenvalue weighted by Crippen LogP contribution is -2.55.